The maximum atomic E-state index is 12.2. The van der Waals surface area contributed by atoms with Crippen molar-refractivity contribution < 1.29 is 14.0 Å². The van der Waals surface area contributed by atoms with Crippen molar-refractivity contribution in [3.05, 3.63) is 77.8 Å². The van der Waals surface area contributed by atoms with Gasteiger partial charge >= 0.3 is 0 Å². The van der Waals surface area contributed by atoms with E-state index in [4.69, 9.17) is 10.2 Å². The first kappa shape index (κ1) is 18.4. The minimum absolute atomic E-state index is 0.143. The molecule has 138 valence electrons. The number of nitrogens with one attached hydrogen (secondary N) is 1. The Morgan fingerprint density at radius 1 is 1.11 bits per heavy atom. The predicted molar refractivity (Wildman–Crippen MR) is 102 cm³/mol. The Hall–Kier alpha value is -3.41. The summed E-state index contributed by atoms with van der Waals surface area (Å²) in [5, 5.41) is 2.66. The highest BCUT2D eigenvalue weighted by atomic mass is 16.4. The van der Waals surface area contributed by atoms with E-state index < -0.39 is 11.9 Å². The van der Waals surface area contributed by atoms with Crippen molar-refractivity contribution in [2.24, 2.45) is 5.73 Å². The normalized spacial score (nSPS) is 11.7. The summed E-state index contributed by atoms with van der Waals surface area (Å²) in [5.41, 5.74) is 8.16. The highest BCUT2D eigenvalue weighted by molar-refractivity contribution is 5.87. The van der Waals surface area contributed by atoms with Crippen molar-refractivity contribution in [1.29, 1.82) is 0 Å². The molecule has 0 aliphatic carbocycles. The van der Waals surface area contributed by atoms with Gasteiger partial charge in [0, 0.05) is 18.4 Å². The highest BCUT2D eigenvalue weighted by Gasteiger charge is 2.20. The van der Waals surface area contributed by atoms with Crippen LogP contribution in [0, 0.1) is 6.92 Å². The minimum Gasteiger partial charge on any atom is -0.441 e. The number of aromatic nitrogens is 1. The summed E-state index contributed by atoms with van der Waals surface area (Å²) in [6.45, 7) is 2.02. The smallest absolute Gasteiger partial charge is 0.244 e. The number of carbonyl (C=O) groups is 2. The Bertz CT molecular complexity index is 917. The number of primary amides is 1. The fourth-order valence-electron chi connectivity index (χ4n) is 2.69. The molecule has 3 aromatic rings. The SMILES string of the molecule is Cc1ccc(-c2cnc(CCC(=O)N[C@H](C(N)=O)c3ccccc3)o2)cc1. The molecule has 1 atom stereocenters. The zero-order valence-electron chi connectivity index (χ0n) is 15.0. The first-order chi connectivity index (χ1) is 13.0. The molecule has 27 heavy (non-hydrogen) atoms. The third kappa shape index (κ3) is 4.82. The maximum absolute atomic E-state index is 12.2. The molecular weight excluding hydrogens is 342 g/mol. The Balaban J connectivity index is 1.59. The first-order valence-corrected chi connectivity index (χ1v) is 8.68. The lowest BCUT2D eigenvalue weighted by molar-refractivity contribution is -0.127. The second-order valence-corrected chi connectivity index (χ2v) is 6.30. The Labute approximate surface area is 157 Å². The number of nitrogens with zero attached hydrogens (tertiary/aromatic N) is 1. The van der Waals surface area contributed by atoms with Crippen molar-refractivity contribution in [2.45, 2.75) is 25.8 Å². The van der Waals surface area contributed by atoms with Crippen molar-refractivity contribution in [2.75, 3.05) is 0 Å². The quantitative estimate of drug-likeness (QED) is 0.674. The summed E-state index contributed by atoms with van der Waals surface area (Å²) in [5.74, 6) is 0.228. The molecule has 1 heterocycles. The van der Waals surface area contributed by atoms with Gasteiger partial charge in [0.25, 0.3) is 0 Å². The zero-order chi connectivity index (χ0) is 19.2. The van der Waals surface area contributed by atoms with Gasteiger partial charge in [-0.25, -0.2) is 4.98 Å². The van der Waals surface area contributed by atoms with Crippen LogP contribution in [-0.2, 0) is 16.0 Å². The molecule has 6 heteroatoms. The number of benzene rings is 2. The summed E-state index contributed by atoms with van der Waals surface area (Å²) >= 11 is 0. The van der Waals surface area contributed by atoms with Crippen molar-refractivity contribution in [3.8, 4) is 11.3 Å². The van der Waals surface area contributed by atoms with E-state index in [1.54, 1.807) is 30.5 Å². The monoisotopic (exact) mass is 363 g/mol. The fourth-order valence-corrected chi connectivity index (χ4v) is 2.69. The average molecular weight is 363 g/mol. The average Bonchev–Trinajstić information content (AvgIpc) is 3.14. The number of hydrogen-bond acceptors (Lipinski definition) is 4. The van der Waals surface area contributed by atoms with Crippen molar-refractivity contribution in [3.63, 3.8) is 0 Å². The molecule has 6 nitrogen and oxygen atoms in total. The van der Waals surface area contributed by atoms with Crippen LogP contribution in [0.15, 0.2) is 65.2 Å². The first-order valence-electron chi connectivity index (χ1n) is 8.68. The molecule has 3 N–H and O–H groups in total. The molecule has 0 fully saturated rings. The Morgan fingerprint density at radius 2 is 1.81 bits per heavy atom. The van der Waals surface area contributed by atoms with Crippen LogP contribution >= 0.6 is 0 Å². The van der Waals surface area contributed by atoms with E-state index in [2.05, 4.69) is 10.3 Å². The number of amides is 2. The van der Waals surface area contributed by atoms with E-state index in [1.165, 1.54) is 0 Å². The number of rotatable bonds is 7. The van der Waals surface area contributed by atoms with Crippen molar-refractivity contribution in [1.82, 2.24) is 10.3 Å². The fraction of sp³-hybridized carbons (Fsp3) is 0.190. The molecule has 1 aromatic heterocycles. The van der Waals surface area contributed by atoms with E-state index in [-0.39, 0.29) is 12.3 Å². The van der Waals surface area contributed by atoms with Gasteiger partial charge in [-0.05, 0) is 12.5 Å². The summed E-state index contributed by atoms with van der Waals surface area (Å²) in [6, 6.07) is 16.0. The van der Waals surface area contributed by atoms with Gasteiger partial charge in [0.05, 0.1) is 6.20 Å². The lowest BCUT2D eigenvalue weighted by atomic mass is 10.1. The van der Waals surface area contributed by atoms with Gasteiger partial charge in [-0.15, -0.1) is 0 Å². The molecule has 2 amide bonds. The Kier molecular flexibility index (Phi) is 5.66. The second-order valence-electron chi connectivity index (χ2n) is 6.30. The van der Waals surface area contributed by atoms with Crippen LogP contribution < -0.4 is 11.1 Å². The second kappa shape index (κ2) is 8.31. The van der Waals surface area contributed by atoms with Gasteiger partial charge in [0.15, 0.2) is 11.7 Å². The number of carbonyl (C=O) groups excluding carboxylic acids is 2. The van der Waals surface area contributed by atoms with E-state index in [0.29, 0.717) is 23.6 Å². The van der Waals surface area contributed by atoms with Gasteiger partial charge in [-0.3, -0.25) is 9.59 Å². The molecule has 0 spiro atoms. The van der Waals surface area contributed by atoms with Gasteiger partial charge in [0.1, 0.15) is 6.04 Å². The lowest BCUT2D eigenvalue weighted by Gasteiger charge is -2.15. The largest absolute Gasteiger partial charge is 0.441 e. The molecule has 0 saturated carbocycles. The van der Waals surface area contributed by atoms with E-state index >= 15 is 0 Å². The summed E-state index contributed by atoms with van der Waals surface area (Å²) in [7, 11) is 0. The van der Waals surface area contributed by atoms with Crippen LogP contribution in [0.4, 0.5) is 0 Å². The summed E-state index contributed by atoms with van der Waals surface area (Å²) < 4.78 is 5.71. The molecular formula is C21H21N3O3. The number of oxazole rings is 1. The van der Waals surface area contributed by atoms with E-state index in [0.717, 1.165) is 11.1 Å². The van der Waals surface area contributed by atoms with Gasteiger partial charge in [-0.1, -0.05) is 60.2 Å². The summed E-state index contributed by atoms with van der Waals surface area (Å²) in [6.07, 6.45) is 2.12. The molecule has 0 aliphatic heterocycles. The standard InChI is InChI=1S/C21H21N3O3/c1-14-7-9-15(10-8-14)17-13-23-19(27-17)12-11-18(25)24-20(21(22)26)16-5-3-2-4-6-16/h2-10,13,20H,11-12H2,1H3,(H2,22,26)(H,24,25)/t20-/m0/s1. The third-order valence-electron chi connectivity index (χ3n) is 4.18. The van der Waals surface area contributed by atoms with Gasteiger partial charge < -0.3 is 15.5 Å². The molecule has 0 unspecified atom stereocenters. The van der Waals surface area contributed by atoms with Crippen LogP contribution in [0.25, 0.3) is 11.3 Å². The maximum Gasteiger partial charge on any atom is 0.244 e. The van der Waals surface area contributed by atoms with Crippen LogP contribution in [0.1, 0.15) is 29.5 Å². The van der Waals surface area contributed by atoms with Gasteiger partial charge in [0.2, 0.25) is 11.8 Å². The molecule has 0 radical (unpaired) electrons. The molecule has 0 aliphatic rings. The van der Waals surface area contributed by atoms with Crippen molar-refractivity contribution >= 4 is 11.8 Å². The molecule has 0 saturated heterocycles. The lowest BCUT2D eigenvalue weighted by Crippen LogP contribution is -2.37. The van der Waals surface area contributed by atoms with Crippen LogP contribution in [-0.4, -0.2) is 16.8 Å². The number of aryl methyl sites for hydroxylation is 2. The Morgan fingerprint density at radius 3 is 2.48 bits per heavy atom. The molecule has 2 aromatic carbocycles. The van der Waals surface area contributed by atoms with Crippen LogP contribution in [0.3, 0.4) is 0 Å². The highest BCUT2D eigenvalue weighted by Crippen LogP contribution is 2.21. The third-order valence-corrected chi connectivity index (χ3v) is 4.18. The van der Waals surface area contributed by atoms with Crippen LogP contribution in [0.2, 0.25) is 0 Å². The van der Waals surface area contributed by atoms with E-state index in [9.17, 15) is 9.59 Å². The van der Waals surface area contributed by atoms with E-state index in [1.807, 2.05) is 37.3 Å². The number of nitrogens with two attached hydrogens (primary N) is 1. The molecule has 3 rings (SSSR count). The van der Waals surface area contributed by atoms with Gasteiger partial charge in [-0.2, -0.15) is 0 Å². The summed E-state index contributed by atoms with van der Waals surface area (Å²) in [4.78, 5) is 28.1. The molecule has 0 bridgehead atoms. The predicted octanol–water partition coefficient (Wildman–Crippen LogP) is 2.93. The minimum atomic E-state index is -0.855. The topological polar surface area (TPSA) is 98.2 Å². The van der Waals surface area contributed by atoms with Crippen LogP contribution in [0.5, 0.6) is 0 Å². The zero-order valence-corrected chi connectivity index (χ0v) is 15.0. The number of hydrogen-bond donors (Lipinski definition) is 2.